The molecule has 3 atom stereocenters. The zero-order valence-electron chi connectivity index (χ0n) is 21.6. The lowest BCUT2D eigenvalue weighted by molar-refractivity contribution is 0.268. The van der Waals surface area contributed by atoms with Crippen molar-refractivity contribution in [1.82, 2.24) is 15.2 Å². The molecule has 0 amide bonds. The lowest BCUT2D eigenvalue weighted by Crippen LogP contribution is -2.62. The quantitative estimate of drug-likeness (QED) is 0.427. The summed E-state index contributed by atoms with van der Waals surface area (Å²) < 4.78 is 6.19. The summed E-state index contributed by atoms with van der Waals surface area (Å²) in [6.07, 6.45) is -0.252. The Labute approximate surface area is 222 Å². The van der Waals surface area contributed by atoms with Crippen LogP contribution in [-0.4, -0.2) is 68.2 Å². The van der Waals surface area contributed by atoms with Crippen molar-refractivity contribution >= 4 is 28.6 Å². The summed E-state index contributed by atoms with van der Waals surface area (Å²) in [6, 6.07) is 26.1. The van der Waals surface area contributed by atoms with Crippen LogP contribution in [0.3, 0.4) is 0 Å². The number of oxazole rings is 1. The highest BCUT2D eigenvalue weighted by Crippen LogP contribution is 2.51. The van der Waals surface area contributed by atoms with Crippen LogP contribution < -0.4 is 20.9 Å². The van der Waals surface area contributed by atoms with Crippen LogP contribution in [-0.2, 0) is 0 Å². The molecule has 1 aromatic heterocycles. The van der Waals surface area contributed by atoms with Gasteiger partial charge in [0.15, 0.2) is 5.58 Å². The zero-order valence-corrected chi connectivity index (χ0v) is 21.6. The summed E-state index contributed by atoms with van der Waals surface area (Å²) in [4.78, 5) is 16.3. The van der Waals surface area contributed by atoms with Crippen LogP contribution in [0.15, 0.2) is 82.2 Å². The third-order valence-electron chi connectivity index (χ3n) is 8.18. The van der Waals surface area contributed by atoms with E-state index in [1.807, 2.05) is 24.3 Å². The molecule has 4 heterocycles. The molecule has 3 aliphatic rings. The van der Waals surface area contributed by atoms with Crippen LogP contribution >= 0.6 is 0 Å². The van der Waals surface area contributed by atoms with Gasteiger partial charge in [-0.15, -0.1) is 0 Å². The first kappa shape index (κ1) is 23.3. The number of amidine groups is 1. The molecular formula is C30H33N7O. The van der Waals surface area contributed by atoms with Gasteiger partial charge in [-0.1, -0.05) is 48.5 Å². The first-order valence-electron chi connectivity index (χ1n) is 13.5. The number of nitrogens with two attached hydrogens (primary N) is 1. The lowest BCUT2D eigenvalue weighted by Gasteiger charge is -2.53. The molecule has 3 aromatic carbocycles. The van der Waals surface area contributed by atoms with E-state index in [4.69, 9.17) is 15.1 Å². The van der Waals surface area contributed by atoms with E-state index in [9.17, 15) is 0 Å². The maximum atomic E-state index is 6.88. The number of anilines is 2. The Morgan fingerprint density at radius 3 is 2.34 bits per heavy atom. The van der Waals surface area contributed by atoms with Crippen molar-refractivity contribution in [2.75, 3.05) is 56.1 Å². The highest BCUT2D eigenvalue weighted by molar-refractivity contribution is 5.99. The standard InChI is InChI=1S/C30H33N7O/c1-35-16-18-36(19-17-35)23-12-10-21(11-13-23)27-26(20-6-8-22(9-7-20)29-32-14-15-33-29)28(31)37(27)30-34-24-4-2-3-5-25(24)38-30/h2-13,26-28H,14-19,31H2,1H3,(H,32,33). The predicted octanol–water partition coefficient (Wildman–Crippen LogP) is 3.56. The van der Waals surface area contributed by atoms with Crippen LogP contribution in [0.1, 0.15) is 28.7 Å². The van der Waals surface area contributed by atoms with Crippen molar-refractivity contribution in [2.45, 2.75) is 18.1 Å². The smallest absolute Gasteiger partial charge is 0.300 e. The number of benzene rings is 3. The van der Waals surface area contributed by atoms with Crippen molar-refractivity contribution in [3.8, 4) is 0 Å². The molecule has 0 aliphatic carbocycles. The highest BCUT2D eigenvalue weighted by Gasteiger charge is 2.50. The molecule has 7 rings (SSSR count). The van der Waals surface area contributed by atoms with Gasteiger partial charge in [0.25, 0.3) is 6.01 Å². The first-order valence-corrected chi connectivity index (χ1v) is 13.5. The predicted molar refractivity (Wildman–Crippen MR) is 152 cm³/mol. The van der Waals surface area contributed by atoms with Gasteiger partial charge in [0.1, 0.15) is 11.4 Å². The first-order chi connectivity index (χ1) is 18.7. The molecular weight excluding hydrogens is 474 g/mol. The van der Waals surface area contributed by atoms with Gasteiger partial charge in [-0.3, -0.25) is 4.99 Å². The topological polar surface area (TPSA) is 86.2 Å². The Bertz CT molecular complexity index is 1420. The molecule has 3 unspecified atom stereocenters. The normalized spacial score (nSPS) is 23.8. The average Bonchev–Trinajstić information content (AvgIpc) is 3.63. The van der Waals surface area contributed by atoms with E-state index >= 15 is 0 Å². The molecule has 38 heavy (non-hydrogen) atoms. The average molecular weight is 508 g/mol. The van der Waals surface area contributed by atoms with Crippen LogP contribution in [0.5, 0.6) is 0 Å². The molecule has 0 saturated carbocycles. The number of aromatic nitrogens is 1. The van der Waals surface area contributed by atoms with E-state index < -0.39 is 0 Å². The van der Waals surface area contributed by atoms with Crippen LogP contribution in [0.4, 0.5) is 11.7 Å². The second kappa shape index (κ2) is 9.45. The number of likely N-dealkylation sites (N-methyl/N-ethyl adjacent to an activating group) is 1. The lowest BCUT2D eigenvalue weighted by atomic mass is 9.76. The van der Waals surface area contributed by atoms with Gasteiger partial charge in [0, 0.05) is 49.9 Å². The molecule has 2 fully saturated rings. The Morgan fingerprint density at radius 1 is 0.895 bits per heavy atom. The Hall–Kier alpha value is -3.88. The molecule has 4 aromatic rings. The summed E-state index contributed by atoms with van der Waals surface area (Å²) in [5.74, 6) is 1.07. The zero-order chi connectivity index (χ0) is 25.6. The molecule has 3 aliphatic heterocycles. The van der Waals surface area contributed by atoms with Crippen molar-refractivity contribution in [3.05, 3.63) is 89.5 Å². The van der Waals surface area contributed by atoms with Gasteiger partial charge < -0.3 is 30.2 Å². The number of aliphatic imine (C=N–C) groups is 1. The molecule has 3 N–H and O–H groups in total. The maximum Gasteiger partial charge on any atom is 0.300 e. The molecule has 8 nitrogen and oxygen atoms in total. The minimum Gasteiger partial charge on any atom is -0.423 e. The molecule has 2 saturated heterocycles. The molecule has 8 heteroatoms. The molecule has 0 bridgehead atoms. The second-order valence-electron chi connectivity index (χ2n) is 10.5. The summed E-state index contributed by atoms with van der Waals surface area (Å²) in [5.41, 5.74) is 13.3. The fourth-order valence-electron chi connectivity index (χ4n) is 5.98. The third kappa shape index (κ3) is 4.01. The summed E-state index contributed by atoms with van der Waals surface area (Å²) in [7, 11) is 2.19. The van der Waals surface area contributed by atoms with Crippen molar-refractivity contribution in [1.29, 1.82) is 0 Å². The molecule has 0 spiro atoms. The Morgan fingerprint density at radius 2 is 1.63 bits per heavy atom. The van der Waals surface area contributed by atoms with Crippen LogP contribution in [0.2, 0.25) is 0 Å². The van der Waals surface area contributed by atoms with Crippen molar-refractivity contribution < 1.29 is 4.42 Å². The summed E-state index contributed by atoms with van der Waals surface area (Å²) in [5, 5.41) is 3.36. The van der Waals surface area contributed by atoms with Gasteiger partial charge in [-0.05, 0) is 42.4 Å². The maximum absolute atomic E-state index is 6.88. The van der Waals surface area contributed by atoms with Gasteiger partial charge in [0.2, 0.25) is 0 Å². The Balaban J connectivity index is 1.22. The van der Waals surface area contributed by atoms with Gasteiger partial charge in [-0.2, -0.15) is 4.98 Å². The minimum atomic E-state index is -0.252. The monoisotopic (exact) mass is 507 g/mol. The fraction of sp³-hybridized carbons (Fsp3) is 0.333. The van der Waals surface area contributed by atoms with E-state index in [-0.39, 0.29) is 18.1 Å². The van der Waals surface area contributed by atoms with Crippen LogP contribution in [0, 0.1) is 0 Å². The van der Waals surface area contributed by atoms with E-state index in [1.54, 1.807) is 0 Å². The number of fused-ring (bicyclic) bond motifs is 1. The van der Waals surface area contributed by atoms with E-state index in [1.165, 1.54) is 16.8 Å². The SMILES string of the molecule is CN1CCN(c2ccc(C3C(c4ccc(C5=NCCN5)cc4)C(N)N3c3nc4ccccc4o3)cc2)CC1. The number of piperazine rings is 1. The van der Waals surface area contributed by atoms with E-state index in [0.29, 0.717) is 6.01 Å². The van der Waals surface area contributed by atoms with Crippen LogP contribution in [0.25, 0.3) is 11.1 Å². The Kier molecular flexibility index (Phi) is 5.78. The van der Waals surface area contributed by atoms with Gasteiger partial charge in [0.05, 0.1) is 18.8 Å². The number of nitrogens with zero attached hydrogens (tertiary/aromatic N) is 5. The number of rotatable bonds is 5. The van der Waals surface area contributed by atoms with Crippen molar-refractivity contribution in [2.24, 2.45) is 10.7 Å². The molecule has 194 valence electrons. The molecule has 0 radical (unpaired) electrons. The van der Waals surface area contributed by atoms with Crippen molar-refractivity contribution in [3.63, 3.8) is 0 Å². The second-order valence-corrected chi connectivity index (χ2v) is 10.5. The van der Waals surface area contributed by atoms with Gasteiger partial charge in [-0.25, -0.2) is 0 Å². The number of para-hydroxylation sites is 2. The van der Waals surface area contributed by atoms with Gasteiger partial charge >= 0.3 is 0 Å². The number of hydrogen-bond donors (Lipinski definition) is 2. The number of nitrogens with one attached hydrogen (secondary N) is 1. The number of hydrogen-bond acceptors (Lipinski definition) is 8. The fourth-order valence-corrected chi connectivity index (χ4v) is 5.98. The van der Waals surface area contributed by atoms with E-state index in [0.717, 1.165) is 61.8 Å². The van der Waals surface area contributed by atoms with E-state index in [2.05, 4.69) is 80.6 Å². The third-order valence-corrected chi connectivity index (χ3v) is 8.18. The highest BCUT2D eigenvalue weighted by atomic mass is 16.4. The summed E-state index contributed by atoms with van der Waals surface area (Å²) in [6.45, 7) is 6.00. The minimum absolute atomic E-state index is 0.0207. The largest absolute Gasteiger partial charge is 0.423 e. The summed E-state index contributed by atoms with van der Waals surface area (Å²) >= 11 is 0.